The molecule has 0 radical (unpaired) electrons. The fourth-order valence-corrected chi connectivity index (χ4v) is 3.21. The van der Waals surface area contributed by atoms with Gasteiger partial charge in [0.2, 0.25) is 11.8 Å². The second-order valence-corrected chi connectivity index (χ2v) is 7.92. The molecule has 0 atom stereocenters. The average molecular weight is 367 g/mol. The van der Waals surface area contributed by atoms with Crippen LogP contribution in [0.2, 0.25) is 5.02 Å². The zero-order chi connectivity index (χ0) is 18.8. The Morgan fingerprint density at radius 1 is 1.12 bits per heavy atom. The molecule has 0 aromatic heterocycles. The normalized spacial score (nSPS) is 15.3. The number of nitrogens with zero attached hydrogens (tertiary/aromatic N) is 2. The first-order valence-corrected chi connectivity index (χ1v) is 8.91. The van der Waals surface area contributed by atoms with Crippen molar-refractivity contribution in [3.63, 3.8) is 0 Å². The number of piperazine rings is 1. The smallest absolute Gasteiger partial charge is 0.228 e. The van der Waals surface area contributed by atoms with Crippen molar-refractivity contribution in [3.8, 4) is 5.75 Å². The predicted molar refractivity (Wildman–Crippen MR) is 99.1 cm³/mol. The van der Waals surface area contributed by atoms with Gasteiger partial charge in [0.25, 0.3) is 0 Å². The molecule has 0 saturated carbocycles. The number of amides is 2. The van der Waals surface area contributed by atoms with Gasteiger partial charge in [-0.05, 0) is 30.2 Å². The van der Waals surface area contributed by atoms with Crippen LogP contribution in [0.3, 0.4) is 0 Å². The molecule has 6 heteroatoms. The van der Waals surface area contributed by atoms with E-state index in [0.29, 0.717) is 43.4 Å². The molecule has 2 amide bonds. The Hall–Kier alpha value is -1.75. The summed E-state index contributed by atoms with van der Waals surface area (Å²) < 4.78 is 5.20. The van der Waals surface area contributed by atoms with Gasteiger partial charge in [0.05, 0.1) is 18.6 Å². The molecule has 25 heavy (non-hydrogen) atoms. The van der Waals surface area contributed by atoms with Gasteiger partial charge in [0.15, 0.2) is 0 Å². The van der Waals surface area contributed by atoms with Crippen LogP contribution in [0.15, 0.2) is 12.1 Å². The van der Waals surface area contributed by atoms with Gasteiger partial charge in [-0.3, -0.25) is 9.59 Å². The van der Waals surface area contributed by atoms with Crippen molar-refractivity contribution in [3.05, 3.63) is 28.3 Å². The molecule has 1 heterocycles. The average Bonchev–Trinajstić information content (AvgIpc) is 2.56. The van der Waals surface area contributed by atoms with Crippen LogP contribution < -0.4 is 4.74 Å². The molecule has 0 bridgehead atoms. The number of halogens is 1. The monoisotopic (exact) mass is 366 g/mol. The lowest BCUT2D eigenvalue weighted by molar-refractivity contribution is -0.144. The van der Waals surface area contributed by atoms with Crippen LogP contribution in [-0.4, -0.2) is 54.9 Å². The third-order valence-electron chi connectivity index (χ3n) is 4.51. The molecule has 1 aromatic rings. The highest BCUT2D eigenvalue weighted by atomic mass is 35.5. The van der Waals surface area contributed by atoms with Crippen molar-refractivity contribution >= 4 is 23.4 Å². The largest absolute Gasteiger partial charge is 0.495 e. The molecule has 1 fully saturated rings. The third-order valence-corrected chi connectivity index (χ3v) is 4.81. The summed E-state index contributed by atoms with van der Waals surface area (Å²) in [7, 11) is 1.57. The van der Waals surface area contributed by atoms with Gasteiger partial charge in [-0.1, -0.05) is 32.4 Å². The highest BCUT2D eigenvalue weighted by Gasteiger charge is 2.30. The molecule has 0 aliphatic carbocycles. The number of benzene rings is 1. The molecule has 1 saturated heterocycles. The van der Waals surface area contributed by atoms with Crippen molar-refractivity contribution in [2.75, 3.05) is 33.3 Å². The second-order valence-electron chi connectivity index (χ2n) is 7.51. The number of carbonyl (C=O) groups is 2. The van der Waals surface area contributed by atoms with Gasteiger partial charge in [0.1, 0.15) is 5.75 Å². The number of aryl methyl sites for hydroxylation is 1. The topological polar surface area (TPSA) is 49.9 Å². The summed E-state index contributed by atoms with van der Waals surface area (Å²) in [6.07, 6.45) is 0.308. The molecule has 2 rings (SSSR count). The Morgan fingerprint density at radius 2 is 1.68 bits per heavy atom. The molecule has 1 aliphatic heterocycles. The highest BCUT2D eigenvalue weighted by Crippen LogP contribution is 2.28. The summed E-state index contributed by atoms with van der Waals surface area (Å²) >= 11 is 6.17. The molecule has 1 aliphatic rings. The first kappa shape index (κ1) is 19.6. The molecule has 0 N–H and O–H groups in total. The summed E-state index contributed by atoms with van der Waals surface area (Å²) in [6.45, 7) is 10.0. The molecular formula is C19H27ClN2O3. The number of hydrogen-bond acceptors (Lipinski definition) is 3. The first-order valence-electron chi connectivity index (χ1n) is 8.53. The SMILES string of the molecule is COc1cc(C)c(CC(=O)N2CCN(C(=O)C(C)(C)C)CC2)cc1Cl. The minimum atomic E-state index is -0.386. The molecule has 5 nitrogen and oxygen atoms in total. The van der Waals surface area contributed by atoms with E-state index in [2.05, 4.69) is 0 Å². The number of methoxy groups -OCH3 is 1. The van der Waals surface area contributed by atoms with Crippen molar-refractivity contribution in [2.24, 2.45) is 5.41 Å². The van der Waals surface area contributed by atoms with Crippen LogP contribution >= 0.6 is 11.6 Å². The van der Waals surface area contributed by atoms with Gasteiger partial charge in [-0.2, -0.15) is 0 Å². The standard InChI is InChI=1S/C19H27ClN2O3/c1-13-10-16(25-5)15(20)11-14(13)12-17(23)21-6-8-22(9-7-21)18(24)19(2,3)4/h10-11H,6-9,12H2,1-5H3. The summed E-state index contributed by atoms with van der Waals surface area (Å²) in [6, 6.07) is 3.65. The molecule has 0 spiro atoms. The van der Waals surface area contributed by atoms with E-state index in [0.717, 1.165) is 11.1 Å². The maximum atomic E-state index is 12.6. The van der Waals surface area contributed by atoms with Crippen molar-refractivity contribution in [1.82, 2.24) is 9.80 Å². The van der Waals surface area contributed by atoms with Crippen LogP contribution in [-0.2, 0) is 16.0 Å². The molecule has 0 unspecified atom stereocenters. The maximum absolute atomic E-state index is 12.6. The molecule has 1 aromatic carbocycles. The van der Waals surface area contributed by atoms with E-state index in [9.17, 15) is 9.59 Å². The van der Waals surface area contributed by atoms with Crippen LogP contribution in [0.4, 0.5) is 0 Å². The zero-order valence-corrected chi connectivity index (χ0v) is 16.4. The highest BCUT2D eigenvalue weighted by molar-refractivity contribution is 6.32. The number of hydrogen-bond donors (Lipinski definition) is 0. The summed E-state index contributed by atoms with van der Waals surface area (Å²) in [5.41, 5.74) is 1.50. The fourth-order valence-electron chi connectivity index (χ4n) is 2.95. The lowest BCUT2D eigenvalue weighted by atomic mass is 9.94. The number of ether oxygens (including phenoxy) is 1. The van der Waals surface area contributed by atoms with Crippen molar-refractivity contribution < 1.29 is 14.3 Å². The Balaban J connectivity index is 1.98. The Labute approximate surface area is 154 Å². The van der Waals surface area contributed by atoms with Crippen molar-refractivity contribution in [2.45, 2.75) is 34.1 Å². The molecular weight excluding hydrogens is 340 g/mol. The van der Waals surface area contributed by atoms with Crippen molar-refractivity contribution in [1.29, 1.82) is 0 Å². The zero-order valence-electron chi connectivity index (χ0n) is 15.7. The maximum Gasteiger partial charge on any atom is 0.228 e. The summed E-state index contributed by atoms with van der Waals surface area (Å²) in [4.78, 5) is 28.6. The summed E-state index contributed by atoms with van der Waals surface area (Å²) in [5, 5.41) is 0.511. The van der Waals surface area contributed by atoms with Crippen LogP contribution in [0.5, 0.6) is 5.75 Å². The number of carbonyl (C=O) groups excluding carboxylic acids is 2. The lowest BCUT2D eigenvalue weighted by Gasteiger charge is -2.37. The van der Waals surface area contributed by atoms with E-state index in [1.807, 2.05) is 43.6 Å². The first-order chi connectivity index (χ1) is 11.6. The van der Waals surface area contributed by atoms with Gasteiger partial charge in [-0.25, -0.2) is 0 Å². The summed E-state index contributed by atoms with van der Waals surface area (Å²) in [5.74, 6) is 0.814. The Bertz CT molecular complexity index is 659. The predicted octanol–water partition coefficient (Wildman–Crippen LogP) is 2.92. The lowest BCUT2D eigenvalue weighted by Crippen LogP contribution is -2.53. The van der Waals surface area contributed by atoms with E-state index in [1.54, 1.807) is 13.2 Å². The Kier molecular flexibility index (Phi) is 5.99. The van der Waals surface area contributed by atoms with Crippen LogP contribution in [0.25, 0.3) is 0 Å². The molecule has 138 valence electrons. The quantitative estimate of drug-likeness (QED) is 0.826. The minimum Gasteiger partial charge on any atom is -0.495 e. The fraction of sp³-hybridized carbons (Fsp3) is 0.579. The van der Waals surface area contributed by atoms with E-state index in [4.69, 9.17) is 16.3 Å². The van der Waals surface area contributed by atoms with Gasteiger partial charge in [-0.15, -0.1) is 0 Å². The number of rotatable bonds is 3. The Morgan fingerprint density at radius 3 is 2.20 bits per heavy atom. The van der Waals surface area contributed by atoms with E-state index >= 15 is 0 Å². The van der Waals surface area contributed by atoms with Crippen LogP contribution in [0, 0.1) is 12.3 Å². The van der Waals surface area contributed by atoms with Gasteiger partial charge < -0.3 is 14.5 Å². The second kappa shape index (κ2) is 7.65. The van der Waals surface area contributed by atoms with Crippen LogP contribution in [0.1, 0.15) is 31.9 Å². The van der Waals surface area contributed by atoms with E-state index in [1.165, 1.54) is 0 Å². The minimum absolute atomic E-state index is 0.0622. The van der Waals surface area contributed by atoms with E-state index < -0.39 is 0 Å². The van der Waals surface area contributed by atoms with Gasteiger partial charge >= 0.3 is 0 Å². The van der Waals surface area contributed by atoms with E-state index in [-0.39, 0.29) is 17.2 Å². The third kappa shape index (κ3) is 4.66. The van der Waals surface area contributed by atoms with Gasteiger partial charge in [0, 0.05) is 31.6 Å².